The molecule has 0 spiro atoms. The van der Waals surface area contributed by atoms with Crippen LogP contribution < -0.4 is 20.4 Å². The molecule has 55 heavy (non-hydrogen) atoms. The van der Waals surface area contributed by atoms with E-state index in [1.807, 2.05) is 55.1 Å². The molecule has 1 atom stereocenters. The van der Waals surface area contributed by atoms with Gasteiger partial charge in [-0.15, -0.1) is 0 Å². The molecule has 4 aromatic rings. The van der Waals surface area contributed by atoms with Crippen LogP contribution in [0, 0.1) is 0 Å². The number of benzene rings is 1. The first kappa shape index (κ1) is 36.1. The maximum absolute atomic E-state index is 13.8. The van der Waals surface area contributed by atoms with Gasteiger partial charge in [0.15, 0.2) is 0 Å². The minimum Gasteiger partial charge on any atom is -0.368 e. The van der Waals surface area contributed by atoms with Gasteiger partial charge in [-0.1, -0.05) is 25.0 Å². The highest BCUT2D eigenvalue weighted by Crippen LogP contribution is 2.48. The third-order valence-electron chi connectivity index (χ3n) is 11.5. The van der Waals surface area contributed by atoms with E-state index in [0.29, 0.717) is 49.3 Å². The fourth-order valence-electron chi connectivity index (χ4n) is 8.58. The summed E-state index contributed by atoms with van der Waals surface area (Å²) in [5.74, 6) is -0.0673. The van der Waals surface area contributed by atoms with Gasteiger partial charge in [0.2, 0.25) is 29.6 Å². The van der Waals surface area contributed by atoms with Crippen LogP contribution in [0.1, 0.15) is 80.0 Å². The van der Waals surface area contributed by atoms with E-state index in [1.165, 1.54) is 0 Å². The highest BCUT2D eigenvalue weighted by Gasteiger charge is 2.50. The number of nitrogens with one attached hydrogen (secondary N) is 2. The molecule has 2 N–H and O–H groups in total. The molecule has 0 unspecified atom stereocenters. The lowest BCUT2D eigenvalue weighted by Gasteiger charge is -2.38. The van der Waals surface area contributed by atoms with Gasteiger partial charge in [-0.25, -0.2) is 9.97 Å². The van der Waals surface area contributed by atoms with E-state index in [9.17, 15) is 24.0 Å². The number of rotatable bonds is 8. The molecule has 3 fully saturated rings. The molecule has 0 bridgehead atoms. The fourth-order valence-corrected chi connectivity index (χ4v) is 8.58. The van der Waals surface area contributed by atoms with Crippen LogP contribution in [0.25, 0.3) is 11.0 Å². The molecule has 1 aromatic carbocycles. The maximum Gasteiger partial charge on any atom is 0.270 e. The van der Waals surface area contributed by atoms with E-state index in [1.54, 1.807) is 36.3 Å². The zero-order valence-corrected chi connectivity index (χ0v) is 31.7. The van der Waals surface area contributed by atoms with Gasteiger partial charge in [-0.3, -0.25) is 34.2 Å². The summed E-state index contributed by atoms with van der Waals surface area (Å²) < 4.78 is 2.07. The molecule has 1 aliphatic carbocycles. The second-order valence-corrected chi connectivity index (χ2v) is 15.7. The molecular formula is C40H46N10O5. The van der Waals surface area contributed by atoms with Crippen LogP contribution in [-0.2, 0) is 31.0 Å². The highest BCUT2D eigenvalue weighted by molar-refractivity contribution is 6.14. The van der Waals surface area contributed by atoms with Gasteiger partial charge in [0, 0.05) is 81.8 Å². The lowest BCUT2D eigenvalue weighted by molar-refractivity contribution is -0.136. The van der Waals surface area contributed by atoms with Crippen LogP contribution in [0.15, 0.2) is 48.8 Å². The predicted octanol–water partition coefficient (Wildman–Crippen LogP) is 3.71. The third-order valence-corrected chi connectivity index (χ3v) is 11.5. The number of fused-ring (bicyclic) bond motifs is 2. The number of piperidine rings is 1. The number of carbonyl (C=O) groups excluding carboxylic acids is 5. The Morgan fingerprint density at radius 2 is 1.69 bits per heavy atom. The highest BCUT2D eigenvalue weighted by atomic mass is 16.2. The van der Waals surface area contributed by atoms with Crippen LogP contribution in [-0.4, -0.2) is 105 Å². The first-order valence-electron chi connectivity index (χ1n) is 19.1. The van der Waals surface area contributed by atoms with Gasteiger partial charge in [-0.2, -0.15) is 4.98 Å². The second-order valence-electron chi connectivity index (χ2n) is 15.7. The smallest absolute Gasteiger partial charge is 0.270 e. The van der Waals surface area contributed by atoms with E-state index in [0.717, 1.165) is 53.5 Å². The number of piperazine rings is 1. The summed E-state index contributed by atoms with van der Waals surface area (Å²) in [6.45, 7) is 5.97. The quantitative estimate of drug-likeness (QED) is 0.254. The molecule has 15 nitrogen and oxygen atoms in total. The molecule has 15 heteroatoms. The van der Waals surface area contributed by atoms with Crippen molar-refractivity contribution >= 4 is 63.7 Å². The molecule has 5 amide bonds. The Morgan fingerprint density at radius 1 is 0.945 bits per heavy atom. The van der Waals surface area contributed by atoms with Gasteiger partial charge in [-0.05, 0) is 62.9 Å². The molecule has 6 heterocycles. The first-order chi connectivity index (χ1) is 26.4. The van der Waals surface area contributed by atoms with Crippen molar-refractivity contribution in [1.29, 1.82) is 0 Å². The molecule has 286 valence electrons. The zero-order chi connectivity index (χ0) is 38.6. The number of imide groups is 1. The van der Waals surface area contributed by atoms with Crippen molar-refractivity contribution in [2.24, 2.45) is 0 Å². The molecule has 0 radical (unpaired) electrons. The summed E-state index contributed by atoms with van der Waals surface area (Å²) in [7, 11) is 3.51. The van der Waals surface area contributed by atoms with E-state index in [4.69, 9.17) is 4.98 Å². The monoisotopic (exact) mass is 746 g/mol. The normalized spacial score (nSPS) is 19.9. The van der Waals surface area contributed by atoms with E-state index in [2.05, 4.69) is 30.1 Å². The van der Waals surface area contributed by atoms with E-state index < -0.39 is 17.4 Å². The van der Waals surface area contributed by atoms with Gasteiger partial charge in [0.1, 0.15) is 23.2 Å². The molecule has 3 aliphatic heterocycles. The van der Waals surface area contributed by atoms with Crippen molar-refractivity contribution in [3.8, 4) is 0 Å². The van der Waals surface area contributed by atoms with E-state index >= 15 is 0 Å². The average Bonchev–Trinajstić information content (AvgIpc) is 3.88. The minimum absolute atomic E-state index is 0.00419. The van der Waals surface area contributed by atoms with Crippen LogP contribution in [0.5, 0.6) is 0 Å². The Kier molecular flexibility index (Phi) is 9.26. The SMILES string of the molecule is CN(C)C(=O)c1cc2cnc(Nc3ccc(CC(=O)N4CCN(c5cccc6c5C(C)(C)C(=O)N6[C@H]5CCC(=O)NC5=O)CC4)cn3)nc2n1C1CCCC1. The minimum atomic E-state index is -0.871. The van der Waals surface area contributed by atoms with Crippen molar-refractivity contribution in [3.63, 3.8) is 0 Å². The number of hydrogen-bond donors (Lipinski definition) is 2. The molecule has 8 rings (SSSR count). The first-order valence-corrected chi connectivity index (χ1v) is 19.1. The number of anilines is 4. The third kappa shape index (κ3) is 6.54. The Labute approximate surface area is 319 Å². The van der Waals surface area contributed by atoms with Crippen LogP contribution in [0.3, 0.4) is 0 Å². The second kappa shape index (κ2) is 14.1. The average molecular weight is 747 g/mol. The Bertz CT molecular complexity index is 2200. The van der Waals surface area contributed by atoms with Gasteiger partial charge < -0.3 is 24.6 Å². The summed E-state index contributed by atoms with van der Waals surface area (Å²) in [6, 6.07) is 10.8. The number of hydrogen-bond acceptors (Lipinski definition) is 10. The Hall–Kier alpha value is -5.86. The Balaban J connectivity index is 0.913. The van der Waals surface area contributed by atoms with Crippen molar-refractivity contribution in [2.75, 3.05) is 55.4 Å². The van der Waals surface area contributed by atoms with Crippen molar-refractivity contribution in [2.45, 2.75) is 76.3 Å². The summed E-state index contributed by atoms with van der Waals surface area (Å²) >= 11 is 0. The molecular weight excluding hydrogens is 701 g/mol. The summed E-state index contributed by atoms with van der Waals surface area (Å²) in [5.41, 5.74) is 3.73. The topological polar surface area (TPSA) is 166 Å². The summed E-state index contributed by atoms with van der Waals surface area (Å²) in [4.78, 5) is 86.0. The molecule has 1 saturated carbocycles. The zero-order valence-electron chi connectivity index (χ0n) is 31.7. The predicted molar refractivity (Wildman–Crippen MR) is 206 cm³/mol. The molecule has 2 saturated heterocycles. The van der Waals surface area contributed by atoms with Crippen molar-refractivity contribution in [1.82, 2.24) is 34.6 Å². The molecule has 3 aromatic heterocycles. The number of nitrogens with zero attached hydrogens (tertiary/aromatic N) is 8. The van der Waals surface area contributed by atoms with Gasteiger partial charge in [0.25, 0.3) is 5.91 Å². The van der Waals surface area contributed by atoms with Gasteiger partial charge in [0.05, 0.1) is 17.5 Å². The molecule has 4 aliphatic rings. The van der Waals surface area contributed by atoms with Crippen LogP contribution >= 0.6 is 0 Å². The summed E-state index contributed by atoms with van der Waals surface area (Å²) in [5, 5.41) is 6.39. The lowest BCUT2D eigenvalue weighted by atomic mass is 9.84. The fraction of sp³-hybridized carbons (Fsp3) is 0.450. The number of pyridine rings is 1. The number of carbonyl (C=O) groups is 5. The van der Waals surface area contributed by atoms with Crippen LogP contribution in [0.2, 0.25) is 0 Å². The maximum atomic E-state index is 13.8. The largest absolute Gasteiger partial charge is 0.368 e. The lowest BCUT2D eigenvalue weighted by Crippen LogP contribution is -2.55. The van der Waals surface area contributed by atoms with Crippen molar-refractivity contribution in [3.05, 3.63) is 65.6 Å². The number of amides is 5. The van der Waals surface area contributed by atoms with Crippen molar-refractivity contribution < 1.29 is 24.0 Å². The van der Waals surface area contributed by atoms with Crippen LogP contribution in [0.4, 0.5) is 23.1 Å². The van der Waals surface area contributed by atoms with E-state index in [-0.39, 0.29) is 48.9 Å². The van der Waals surface area contributed by atoms with Gasteiger partial charge >= 0.3 is 0 Å². The standard InChI is InChI=1S/C40H46N10O5/c1-40(2)34-27(10-7-11-28(34)50(38(40)55)29-13-15-32(51)44-36(29)53)47-16-18-48(19-17-47)33(52)20-24-12-14-31(41-22-24)43-39-42-23-25-21-30(37(54)46(3)4)49(35(25)45-39)26-8-5-6-9-26/h7,10-12,14,21-23,26,29H,5-6,8-9,13,15-20H2,1-4H3,(H,44,51,53)(H,41,42,43,45)/t29-/m0/s1. The Morgan fingerprint density at radius 3 is 2.38 bits per heavy atom. The number of aromatic nitrogens is 4. The summed E-state index contributed by atoms with van der Waals surface area (Å²) in [6.07, 6.45) is 8.35.